The zero-order valence-corrected chi connectivity index (χ0v) is 17.3. The van der Waals surface area contributed by atoms with Gasteiger partial charge in [-0.2, -0.15) is 0 Å². The van der Waals surface area contributed by atoms with E-state index >= 15 is 0 Å². The maximum Gasteiger partial charge on any atom is 0.172 e. The summed E-state index contributed by atoms with van der Waals surface area (Å²) >= 11 is 3.49. The van der Waals surface area contributed by atoms with E-state index < -0.39 is 0 Å². The third kappa shape index (κ3) is 2.89. The molecule has 0 bridgehead atoms. The lowest BCUT2D eigenvalue weighted by Crippen LogP contribution is -2.03. The van der Waals surface area contributed by atoms with E-state index in [-0.39, 0.29) is 11.7 Å². The molecule has 2 heterocycles. The third-order valence-electron chi connectivity index (χ3n) is 5.47. The molecule has 5 aromatic rings. The Balaban J connectivity index is 1.82. The molecule has 0 aliphatic carbocycles. The molecule has 5 rings (SSSR count). The number of halogens is 1. The number of ether oxygens (including phenoxy) is 1. The summed E-state index contributed by atoms with van der Waals surface area (Å²) in [6.07, 6.45) is 4.15. The highest BCUT2D eigenvalue weighted by atomic mass is 79.9. The number of hydrogen-bond donors (Lipinski definition) is 3. The number of H-pyrrole nitrogens is 2. The van der Waals surface area contributed by atoms with E-state index in [1.165, 1.54) is 21.9 Å². The Morgan fingerprint density at radius 2 is 1.41 bits per heavy atom. The van der Waals surface area contributed by atoms with Gasteiger partial charge < -0.3 is 19.8 Å². The number of aromatic nitrogens is 2. The Hall–Kier alpha value is -3.18. The van der Waals surface area contributed by atoms with Crippen LogP contribution in [0.15, 0.2) is 77.5 Å². The summed E-state index contributed by atoms with van der Waals surface area (Å²) in [6, 6.07) is 20.5. The summed E-state index contributed by atoms with van der Waals surface area (Å²) in [6.45, 7) is 0. The highest BCUT2D eigenvalue weighted by Crippen LogP contribution is 2.44. The summed E-state index contributed by atoms with van der Waals surface area (Å²) in [5.74, 6) is 0.500. The van der Waals surface area contributed by atoms with Crippen LogP contribution in [0.5, 0.6) is 11.5 Å². The average molecular weight is 447 g/mol. The van der Waals surface area contributed by atoms with Gasteiger partial charge in [-0.3, -0.25) is 0 Å². The van der Waals surface area contributed by atoms with Gasteiger partial charge >= 0.3 is 0 Å². The molecule has 3 aromatic carbocycles. The molecular formula is C24H19BrN2O2. The first-order valence-electron chi connectivity index (χ1n) is 9.36. The molecule has 0 saturated heterocycles. The van der Waals surface area contributed by atoms with Gasteiger partial charge in [-0.15, -0.1) is 0 Å². The molecule has 0 spiro atoms. The number of phenolic OH excluding ortho intramolecular Hbond substituents is 1. The number of aromatic hydroxyl groups is 1. The molecule has 0 unspecified atom stereocenters. The minimum absolute atomic E-state index is 0.0481. The van der Waals surface area contributed by atoms with Crippen LogP contribution in [0.25, 0.3) is 21.8 Å². The smallest absolute Gasteiger partial charge is 0.172 e. The molecule has 0 aliphatic heterocycles. The highest BCUT2D eigenvalue weighted by Gasteiger charge is 2.25. The van der Waals surface area contributed by atoms with Gasteiger partial charge in [0.1, 0.15) is 0 Å². The van der Waals surface area contributed by atoms with Crippen molar-refractivity contribution in [3.05, 3.63) is 94.2 Å². The van der Waals surface area contributed by atoms with Gasteiger partial charge in [0.05, 0.1) is 11.6 Å². The molecule has 0 radical (unpaired) electrons. The van der Waals surface area contributed by atoms with Crippen molar-refractivity contribution in [1.29, 1.82) is 0 Å². The van der Waals surface area contributed by atoms with Crippen LogP contribution in [-0.2, 0) is 0 Å². The maximum absolute atomic E-state index is 10.3. The molecule has 144 valence electrons. The molecule has 0 amide bonds. The topological polar surface area (TPSA) is 61.0 Å². The number of fused-ring (bicyclic) bond motifs is 2. The number of nitrogens with one attached hydrogen (secondary N) is 2. The lowest BCUT2D eigenvalue weighted by atomic mass is 9.84. The summed E-state index contributed by atoms with van der Waals surface area (Å²) in [5.41, 5.74) is 5.56. The molecule has 2 aromatic heterocycles. The molecule has 4 nitrogen and oxygen atoms in total. The minimum Gasteiger partial charge on any atom is -0.503 e. The summed E-state index contributed by atoms with van der Waals surface area (Å²) in [5, 5.41) is 12.7. The summed E-state index contributed by atoms with van der Waals surface area (Å²) < 4.78 is 6.04. The molecule has 0 saturated carbocycles. The van der Waals surface area contributed by atoms with Crippen molar-refractivity contribution in [2.45, 2.75) is 5.92 Å². The normalized spacial score (nSPS) is 11.6. The molecular weight excluding hydrogens is 428 g/mol. The number of para-hydroxylation sites is 2. The van der Waals surface area contributed by atoms with Crippen LogP contribution in [0.2, 0.25) is 0 Å². The van der Waals surface area contributed by atoms with Crippen LogP contribution < -0.4 is 4.74 Å². The number of aromatic amines is 2. The van der Waals surface area contributed by atoms with Gasteiger partial charge in [0.2, 0.25) is 0 Å². The number of benzene rings is 3. The number of methoxy groups -OCH3 is 1. The highest BCUT2D eigenvalue weighted by molar-refractivity contribution is 9.10. The average Bonchev–Trinajstić information content (AvgIpc) is 3.36. The molecule has 0 aliphatic rings. The first-order chi connectivity index (χ1) is 14.2. The Morgan fingerprint density at radius 1 is 0.862 bits per heavy atom. The van der Waals surface area contributed by atoms with E-state index in [2.05, 4.69) is 74.7 Å². The largest absolute Gasteiger partial charge is 0.503 e. The summed E-state index contributed by atoms with van der Waals surface area (Å²) in [7, 11) is 1.57. The van der Waals surface area contributed by atoms with E-state index in [1.807, 2.05) is 24.3 Å². The second-order valence-electron chi connectivity index (χ2n) is 7.07. The Bertz CT molecular complexity index is 1260. The van der Waals surface area contributed by atoms with E-state index in [4.69, 9.17) is 4.74 Å². The van der Waals surface area contributed by atoms with Gasteiger partial charge in [0, 0.05) is 40.1 Å². The zero-order chi connectivity index (χ0) is 20.0. The Kier molecular flexibility index (Phi) is 4.32. The zero-order valence-electron chi connectivity index (χ0n) is 15.7. The first kappa shape index (κ1) is 17.9. The fourth-order valence-corrected chi connectivity index (χ4v) is 4.57. The van der Waals surface area contributed by atoms with Gasteiger partial charge in [0.25, 0.3) is 0 Å². The van der Waals surface area contributed by atoms with Crippen molar-refractivity contribution in [3.8, 4) is 11.5 Å². The standard InChI is InChI=1S/C24H19BrN2O2/c1-29-22-11-14(10-19(25)24(22)28)23(17-12-26-20-8-4-2-6-15(17)20)18-13-27-21-9-5-3-7-16(18)21/h2-13,23,26-28H,1H3. The van der Waals surface area contributed by atoms with Crippen molar-refractivity contribution < 1.29 is 9.84 Å². The first-order valence-corrected chi connectivity index (χ1v) is 10.1. The van der Waals surface area contributed by atoms with E-state index in [0.29, 0.717) is 10.2 Å². The molecule has 5 heteroatoms. The van der Waals surface area contributed by atoms with Crippen molar-refractivity contribution in [2.75, 3.05) is 7.11 Å². The number of hydrogen-bond acceptors (Lipinski definition) is 2. The quantitative estimate of drug-likeness (QED) is 0.303. The van der Waals surface area contributed by atoms with Gasteiger partial charge in [-0.1, -0.05) is 36.4 Å². The fourth-order valence-electron chi connectivity index (χ4n) is 4.11. The molecule has 29 heavy (non-hydrogen) atoms. The van der Waals surface area contributed by atoms with Crippen molar-refractivity contribution in [3.63, 3.8) is 0 Å². The number of phenols is 1. The summed E-state index contributed by atoms with van der Waals surface area (Å²) in [4.78, 5) is 6.80. The van der Waals surface area contributed by atoms with E-state index in [9.17, 15) is 5.11 Å². The van der Waals surface area contributed by atoms with Crippen molar-refractivity contribution in [1.82, 2.24) is 9.97 Å². The maximum atomic E-state index is 10.3. The van der Waals surface area contributed by atoms with Crippen LogP contribution in [-0.4, -0.2) is 22.2 Å². The monoisotopic (exact) mass is 446 g/mol. The van der Waals surface area contributed by atoms with Crippen LogP contribution in [0.4, 0.5) is 0 Å². The third-order valence-corrected chi connectivity index (χ3v) is 6.07. The predicted molar refractivity (Wildman–Crippen MR) is 120 cm³/mol. The molecule has 3 N–H and O–H groups in total. The fraction of sp³-hybridized carbons (Fsp3) is 0.0833. The van der Waals surface area contributed by atoms with Crippen LogP contribution >= 0.6 is 15.9 Å². The van der Waals surface area contributed by atoms with Crippen LogP contribution in [0.3, 0.4) is 0 Å². The van der Waals surface area contributed by atoms with Gasteiger partial charge in [0.15, 0.2) is 11.5 Å². The lowest BCUT2D eigenvalue weighted by molar-refractivity contribution is 0.371. The number of rotatable bonds is 4. The van der Waals surface area contributed by atoms with Gasteiger partial charge in [-0.25, -0.2) is 0 Å². The second kappa shape index (κ2) is 7.01. The molecule has 0 atom stereocenters. The van der Waals surface area contributed by atoms with Gasteiger partial charge in [-0.05, 0) is 56.9 Å². The van der Waals surface area contributed by atoms with E-state index in [1.54, 1.807) is 7.11 Å². The lowest BCUT2D eigenvalue weighted by Gasteiger charge is -2.19. The van der Waals surface area contributed by atoms with Crippen molar-refractivity contribution >= 4 is 37.7 Å². The van der Waals surface area contributed by atoms with Crippen molar-refractivity contribution in [2.24, 2.45) is 0 Å². The van der Waals surface area contributed by atoms with Crippen LogP contribution in [0, 0.1) is 0 Å². The SMILES string of the molecule is COc1cc(C(c2c[nH]c3ccccc23)c2c[nH]c3ccccc23)cc(Br)c1O. The Labute approximate surface area is 176 Å². The Morgan fingerprint density at radius 3 is 1.97 bits per heavy atom. The van der Waals surface area contributed by atoms with Crippen LogP contribution in [0.1, 0.15) is 22.6 Å². The second-order valence-corrected chi connectivity index (χ2v) is 7.92. The van der Waals surface area contributed by atoms with E-state index in [0.717, 1.165) is 16.6 Å². The molecule has 0 fully saturated rings. The minimum atomic E-state index is -0.0481. The predicted octanol–water partition coefficient (Wildman–Crippen LogP) is 6.31.